The molecule has 3 amide bonds. The van der Waals surface area contributed by atoms with Gasteiger partial charge in [0.15, 0.2) is 6.10 Å². The number of hydrogen-bond donors (Lipinski definition) is 2. The summed E-state index contributed by atoms with van der Waals surface area (Å²) in [6, 6.07) is 4.06. The van der Waals surface area contributed by atoms with Crippen molar-refractivity contribution in [2.45, 2.75) is 44.1 Å². The van der Waals surface area contributed by atoms with Gasteiger partial charge in [0.1, 0.15) is 5.75 Å². The zero-order chi connectivity index (χ0) is 20.5. The normalized spacial score (nSPS) is 20.0. The van der Waals surface area contributed by atoms with Crippen LogP contribution in [0, 0.1) is 5.92 Å². The predicted octanol–water partition coefficient (Wildman–Crippen LogP) is 0.859. The Kier molecular flexibility index (Phi) is 5.59. The maximum absolute atomic E-state index is 12.6. The van der Waals surface area contributed by atoms with E-state index in [1.54, 1.807) is 4.90 Å². The van der Waals surface area contributed by atoms with Gasteiger partial charge in [-0.15, -0.1) is 0 Å². The second-order valence-electron chi connectivity index (χ2n) is 6.91. The predicted molar refractivity (Wildman–Crippen MR) is 100 cm³/mol. The molecule has 0 aliphatic carbocycles. The van der Waals surface area contributed by atoms with Crippen LogP contribution in [0.25, 0.3) is 0 Å². The summed E-state index contributed by atoms with van der Waals surface area (Å²) in [5.74, 6) is -1.09. The molecule has 1 aromatic rings. The lowest BCUT2D eigenvalue weighted by molar-refractivity contribution is -0.133. The highest BCUT2D eigenvalue weighted by atomic mass is 32.2. The van der Waals surface area contributed by atoms with Crippen molar-refractivity contribution in [2.75, 3.05) is 18.4 Å². The number of benzene rings is 1. The Morgan fingerprint density at radius 3 is 2.57 bits per heavy atom. The fourth-order valence-electron chi connectivity index (χ4n) is 3.30. The number of piperidine rings is 1. The van der Waals surface area contributed by atoms with E-state index >= 15 is 0 Å². The van der Waals surface area contributed by atoms with Crippen molar-refractivity contribution in [2.24, 2.45) is 5.92 Å². The van der Waals surface area contributed by atoms with Crippen LogP contribution in [-0.2, 0) is 24.4 Å². The number of amides is 3. The average molecular weight is 409 g/mol. The molecule has 152 valence electrons. The summed E-state index contributed by atoms with van der Waals surface area (Å²) < 4.78 is 32.8. The number of sulfonamides is 1. The summed E-state index contributed by atoms with van der Waals surface area (Å²) in [6.07, 6.45) is 0.695. The molecule has 9 nitrogen and oxygen atoms in total. The van der Waals surface area contributed by atoms with Crippen LogP contribution >= 0.6 is 0 Å². The molecule has 1 aromatic carbocycles. The van der Waals surface area contributed by atoms with Gasteiger partial charge < -0.3 is 15.0 Å². The summed E-state index contributed by atoms with van der Waals surface area (Å²) in [5.41, 5.74) is 0.250. The molecular formula is C18H23N3O6S. The standard InChI is InChI=1S/C18H23N3O6S/c1-3-15-18(24)19-14-10-13(4-5-16(14)27-15)28(25,26)20-17(23)12-6-8-21(9-7-12)11(2)22/h4-5,10,12,15H,3,6-9H2,1-2H3,(H,19,24)(H,20,23)/t15-/m1/s1. The van der Waals surface area contributed by atoms with Crippen LogP contribution < -0.4 is 14.8 Å². The van der Waals surface area contributed by atoms with Gasteiger partial charge in [-0.25, -0.2) is 13.1 Å². The second-order valence-corrected chi connectivity index (χ2v) is 8.59. The SMILES string of the molecule is CC[C@H]1Oc2ccc(S(=O)(=O)NC(=O)C3CCN(C(C)=O)CC3)cc2NC1=O. The summed E-state index contributed by atoms with van der Waals surface area (Å²) in [7, 11) is -4.10. The van der Waals surface area contributed by atoms with Crippen molar-refractivity contribution in [3.8, 4) is 5.75 Å². The minimum atomic E-state index is -4.10. The number of rotatable bonds is 4. The number of anilines is 1. The Hall–Kier alpha value is -2.62. The van der Waals surface area contributed by atoms with E-state index in [2.05, 4.69) is 10.0 Å². The highest BCUT2D eigenvalue weighted by molar-refractivity contribution is 7.90. The average Bonchev–Trinajstić information content (AvgIpc) is 2.66. The van der Waals surface area contributed by atoms with Crippen molar-refractivity contribution < 1.29 is 27.5 Å². The van der Waals surface area contributed by atoms with Gasteiger partial charge in [0.05, 0.1) is 10.6 Å². The Labute approximate surface area is 163 Å². The van der Waals surface area contributed by atoms with Gasteiger partial charge in [0.2, 0.25) is 11.8 Å². The largest absolute Gasteiger partial charge is 0.478 e. The summed E-state index contributed by atoms with van der Waals surface area (Å²) >= 11 is 0. The van der Waals surface area contributed by atoms with Crippen LogP contribution in [0.2, 0.25) is 0 Å². The molecule has 0 aromatic heterocycles. The first kappa shape index (κ1) is 20.1. The zero-order valence-electron chi connectivity index (χ0n) is 15.7. The third-order valence-electron chi connectivity index (χ3n) is 5.00. The number of fused-ring (bicyclic) bond motifs is 1. The smallest absolute Gasteiger partial charge is 0.265 e. The van der Waals surface area contributed by atoms with Crippen LogP contribution in [0.5, 0.6) is 5.75 Å². The van der Waals surface area contributed by atoms with Crippen LogP contribution in [0.4, 0.5) is 5.69 Å². The van der Waals surface area contributed by atoms with Crippen LogP contribution in [-0.4, -0.2) is 50.2 Å². The highest BCUT2D eigenvalue weighted by Crippen LogP contribution is 2.32. The van der Waals surface area contributed by atoms with Gasteiger partial charge in [0.25, 0.3) is 15.9 Å². The van der Waals surface area contributed by atoms with E-state index in [9.17, 15) is 22.8 Å². The van der Waals surface area contributed by atoms with E-state index < -0.39 is 28.0 Å². The Morgan fingerprint density at radius 2 is 1.96 bits per heavy atom. The second kappa shape index (κ2) is 7.78. The molecule has 2 N–H and O–H groups in total. The van der Waals surface area contributed by atoms with Crippen molar-refractivity contribution >= 4 is 33.4 Å². The molecule has 0 saturated carbocycles. The molecule has 1 atom stereocenters. The van der Waals surface area contributed by atoms with Gasteiger partial charge in [-0.05, 0) is 37.5 Å². The molecule has 3 rings (SSSR count). The maximum atomic E-state index is 12.6. The number of hydrogen-bond acceptors (Lipinski definition) is 6. The lowest BCUT2D eigenvalue weighted by atomic mass is 9.96. The molecule has 2 heterocycles. The third-order valence-corrected chi connectivity index (χ3v) is 6.34. The van der Waals surface area contributed by atoms with Crippen LogP contribution in [0.15, 0.2) is 23.1 Å². The van der Waals surface area contributed by atoms with Crippen molar-refractivity contribution in [1.29, 1.82) is 0 Å². The molecule has 0 spiro atoms. The Bertz CT molecular complexity index is 906. The zero-order valence-corrected chi connectivity index (χ0v) is 16.5. The molecule has 28 heavy (non-hydrogen) atoms. The summed E-state index contributed by atoms with van der Waals surface area (Å²) in [4.78, 5) is 37.2. The number of ether oxygens (including phenoxy) is 1. The number of nitrogens with zero attached hydrogens (tertiary/aromatic N) is 1. The molecule has 0 bridgehead atoms. The molecule has 0 unspecified atom stereocenters. The van der Waals surface area contributed by atoms with Crippen molar-refractivity contribution in [1.82, 2.24) is 9.62 Å². The van der Waals surface area contributed by atoms with E-state index in [0.29, 0.717) is 38.1 Å². The minimum absolute atomic E-state index is 0.0601. The van der Waals surface area contributed by atoms with Crippen LogP contribution in [0.1, 0.15) is 33.1 Å². The van der Waals surface area contributed by atoms with Crippen molar-refractivity contribution in [3.05, 3.63) is 18.2 Å². The third kappa shape index (κ3) is 4.11. The Balaban J connectivity index is 1.70. The number of likely N-dealkylation sites (tertiary alicyclic amines) is 1. The monoisotopic (exact) mass is 409 g/mol. The van der Waals surface area contributed by atoms with Gasteiger partial charge in [-0.2, -0.15) is 0 Å². The fraction of sp³-hybridized carbons (Fsp3) is 0.500. The fourth-order valence-corrected chi connectivity index (χ4v) is 4.37. The number of nitrogens with one attached hydrogen (secondary N) is 2. The van der Waals surface area contributed by atoms with Gasteiger partial charge in [-0.1, -0.05) is 6.92 Å². The number of carbonyl (C=O) groups is 3. The molecular weight excluding hydrogens is 386 g/mol. The maximum Gasteiger partial charge on any atom is 0.265 e. The quantitative estimate of drug-likeness (QED) is 0.761. The van der Waals surface area contributed by atoms with Gasteiger partial charge in [0, 0.05) is 25.9 Å². The van der Waals surface area contributed by atoms with E-state index in [-0.39, 0.29) is 22.4 Å². The first-order chi connectivity index (χ1) is 13.2. The molecule has 0 radical (unpaired) electrons. The topological polar surface area (TPSA) is 122 Å². The first-order valence-electron chi connectivity index (χ1n) is 9.15. The molecule has 2 aliphatic heterocycles. The molecule has 1 fully saturated rings. The van der Waals surface area contributed by atoms with E-state index in [1.165, 1.54) is 25.1 Å². The lowest BCUT2D eigenvalue weighted by Crippen LogP contribution is -2.43. The molecule has 1 saturated heterocycles. The lowest BCUT2D eigenvalue weighted by Gasteiger charge is -2.30. The van der Waals surface area contributed by atoms with E-state index in [0.717, 1.165) is 0 Å². The highest BCUT2D eigenvalue weighted by Gasteiger charge is 2.31. The molecule has 2 aliphatic rings. The summed E-state index contributed by atoms with van der Waals surface area (Å²) in [5, 5.41) is 2.63. The van der Waals surface area contributed by atoms with Crippen LogP contribution in [0.3, 0.4) is 0 Å². The van der Waals surface area contributed by atoms with E-state index in [4.69, 9.17) is 4.74 Å². The number of carbonyl (C=O) groups excluding carboxylic acids is 3. The molecule has 10 heteroatoms. The minimum Gasteiger partial charge on any atom is -0.478 e. The summed E-state index contributed by atoms with van der Waals surface area (Å²) in [6.45, 7) is 4.12. The van der Waals surface area contributed by atoms with E-state index in [1.807, 2.05) is 6.92 Å². The van der Waals surface area contributed by atoms with Gasteiger partial charge >= 0.3 is 0 Å². The van der Waals surface area contributed by atoms with Gasteiger partial charge in [-0.3, -0.25) is 14.4 Å². The van der Waals surface area contributed by atoms with Crippen molar-refractivity contribution in [3.63, 3.8) is 0 Å². The first-order valence-corrected chi connectivity index (χ1v) is 10.6. The Morgan fingerprint density at radius 1 is 1.29 bits per heavy atom.